The number of methoxy groups -OCH3 is 1. The molecule has 1 N–H and O–H groups in total. The minimum absolute atomic E-state index is 0.271. The Kier molecular flexibility index (Phi) is 6.17. The van der Waals surface area contributed by atoms with Crippen LogP contribution in [0.1, 0.15) is 13.3 Å². The van der Waals surface area contributed by atoms with Gasteiger partial charge in [-0.1, -0.05) is 0 Å². The third-order valence-corrected chi connectivity index (χ3v) is 3.07. The van der Waals surface area contributed by atoms with Gasteiger partial charge in [-0.3, -0.25) is 9.80 Å². The predicted molar refractivity (Wildman–Crippen MR) is 61.1 cm³/mol. The molecule has 1 aliphatic heterocycles. The van der Waals surface area contributed by atoms with Gasteiger partial charge in [-0.25, -0.2) is 0 Å². The summed E-state index contributed by atoms with van der Waals surface area (Å²) in [5, 5.41) is 8.89. The van der Waals surface area contributed by atoms with Crippen molar-refractivity contribution >= 4 is 0 Å². The standard InChI is InChI=1S/C11H24N2O2/c1-11(10-15-2)13-5-3-4-12(6-7-13)8-9-14/h11,14H,3-10H2,1-2H3. The maximum Gasteiger partial charge on any atom is 0.0615 e. The topological polar surface area (TPSA) is 35.9 Å². The summed E-state index contributed by atoms with van der Waals surface area (Å²) in [7, 11) is 1.76. The summed E-state index contributed by atoms with van der Waals surface area (Å²) < 4.78 is 5.18. The van der Waals surface area contributed by atoms with Crippen molar-refractivity contribution in [2.45, 2.75) is 19.4 Å². The third kappa shape index (κ3) is 4.47. The maximum absolute atomic E-state index is 8.89. The Bertz CT molecular complexity index is 167. The van der Waals surface area contributed by atoms with Crippen LogP contribution in [0.25, 0.3) is 0 Å². The van der Waals surface area contributed by atoms with Gasteiger partial charge in [-0.15, -0.1) is 0 Å². The lowest BCUT2D eigenvalue weighted by atomic mass is 10.3. The van der Waals surface area contributed by atoms with E-state index in [1.54, 1.807) is 7.11 Å². The summed E-state index contributed by atoms with van der Waals surface area (Å²) in [6.07, 6.45) is 1.19. The molecule has 0 radical (unpaired) electrons. The lowest BCUT2D eigenvalue weighted by molar-refractivity contribution is 0.100. The zero-order chi connectivity index (χ0) is 11.1. The molecule has 1 fully saturated rings. The highest BCUT2D eigenvalue weighted by Gasteiger charge is 2.18. The number of ether oxygens (including phenoxy) is 1. The van der Waals surface area contributed by atoms with E-state index in [2.05, 4.69) is 16.7 Å². The van der Waals surface area contributed by atoms with Gasteiger partial charge < -0.3 is 9.84 Å². The number of rotatable bonds is 5. The van der Waals surface area contributed by atoms with Gasteiger partial charge >= 0.3 is 0 Å². The molecule has 90 valence electrons. The Hall–Kier alpha value is -0.160. The highest BCUT2D eigenvalue weighted by atomic mass is 16.5. The Morgan fingerprint density at radius 3 is 2.73 bits per heavy atom. The van der Waals surface area contributed by atoms with Crippen molar-refractivity contribution in [1.82, 2.24) is 9.80 Å². The molecule has 1 heterocycles. The van der Waals surface area contributed by atoms with E-state index in [0.29, 0.717) is 6.04 Å². The number of aliphatic hydroxyl groups excluding tert-OH is 1. The average Bonchev–Trinajstić information content (AvgIpc) is 2.44. The second kappa shape index (κ2) is 7.17. The molecule has 0 spiro atoms. The van der Waals surface area contributed by atoms with E-state index in [0.717, 1.165) is 39.3 Å². The molecule has 0 saturated carbocycles. The van der Waals surface area contributed by atoms with Crippen LogP contribution >= 0.6 is 0 Å². The summed E-state index contributed by atoms with van der Waals surface area (Å²) in [5.74, 6) is 0. The van der Waals surface area contributed by atoms with Crippen molar-refractivity contribution < 1.29 is 9.84 Å². The molecule has 1 rings (SSSR count). The summed E-state index contributed by atoms with van der Waals surface area (Å²) in [5.41, 5.74) is 0. The maximum atomic E-state index is 8.89. The van der Waals surface area contributed by atoms with Gasteiger partial charge in [-0.2, -0.15) is 0 Å². The molecule has 0 aromatic heterocycles. The highest BCUT2D eigenvalue weighted by Crippen LogP contribution is 2.06. The lowest BCUT2D eigenvalue weighted by Gasteiger charge is -2.27. The second-order valence-corrected chi connectivity index (χ2v) is 4.26. The normalized spacial score (nSPS) is 22.6. The molecule has 4 heteroatoms. The molecule has 0 aromatic rings. The van der Waals surface area contributed by atoms with E-state index in [-0.39, 0.29) is 6.61 Å². The number of β-amino-alcohol motifs (C(OH)–C–C–N with tert-alkyl or cyclic N) is 1. The van der Waals surface area contributed by atoms with Crippen LogP contribution in [0, 0.1) is 0 Å². The van der Waals surface area contributed by atoms with Crippen LogP contribution in [0.2, 0.25) is 0 Å². The molecule has 15 heavy (non-hydrogen) atoms. The number of hydrogen-bond acceptors (Lipinski definition) is 4. The summed E-state index contributed by atoms with van der Waals surface area (Å²) >= 11 is 0. The van der Waals surface area contributed by atoms with E-state index < -0.39 is 0 Å². The smallest absolute Gasteiger partial charge is 0.0615 e. The molecule has 1 aliphatic rings. The Balaban J connectivity index is 2.31. The largest absolute Gasteiger partial charge is 0.395 e. The fourth-order valence-corrected chi connectivity index (χ4v) is 2.14. The minimum atomic E-state index is 0.271. The number of nitrogens with zero attached hydrogens (tertiary/aromatic N) is 2. The molecule has 1 saturated heterocycles. The van der Waals surface area contributed by atoms with Crippen molar-refractivity contribution in [2.75, 3.05) is 53.0 Å². The van der Waals surface area contributed by atoms with Gasteiger partial charge in [0.25, 0.3) is 0 Å². The molecule has 0 amide bonds. The quantitative estimate of drug-likeness (QED) is 0.703. The fraction of sp³-hybridized carbons (Fsp3) is 1.00. The van der Waals surface area contributed by atoms with E-state index in [1.165, 1.54) is 6.42 Å². The number of aliphatic hydroxyl groups is 1. The Labute approximate surface area is 92.8 Å². The molecular weight excluding hydrogens is 192 g/mol. The average molecular weight is 216 g/mol. The summed E-state index contributed by atoms with van der Waals surface area (Å²) in [6, 6.07) is 0.504. The van der Waals surface area contributed by atoms with Crippen molar-refractivity contribution in [3.05, 3.63) is 0 Å². The first-order valence-electron chi connectivity index (χ1n) is 5.84. The van der Waals surface area contributed by atoms with Crippen molar-refractivity contribution in [3.63, 3.8) is 0 Å². The van der Waals surface area contributed by atoms with Gasteiger partial charge in [0.15, 0.2) is 0 Å². The van der Waals surface area contributed by atoms with Gasteiger partial charge in [0.05, 0.1) is 13.2 Å². The highest BCUT2D eigenvalue weighted by molar-refractivity contribution is 4.73. The van der Waals surface area contributed by atoms with Crippen LogP contribution in [0.15, 0.2) is 0 Å². The summed E-state index contributed by atoms with van der Waals surface area (Å²) in [4.78, 5) is 4.81. The molecule has 0 aliphatic carbocycles. The third-order valence-electron chi connectivity index (χ3n) is 3.07. The van der Waals surface area contributed by atoms with E-state index in [1.807, 2.05) is 0 Å². The first kappa shape index (κ1) is 12.9. The van der Waals surface area contributed by atoms with Gasteiger partial charge in [0, 0.05) is 32.8 Å². The molecular formula is C11H24N2O2. The molecule has 0 bridgehead atoms. The van der Waals surface area contributed by atoms with Crippen molar-refractivity contribution in [1.29, 1.82) is 0 Å². The van der Waals surface area contributed by atoms with Gasteiger partial charge in [-0.05, 0) is 26.4 Å². The molecule has 4 nitrogen and oxygen atoms in total. The summed E-state index contributed by atoms with van der Waals surface area (Å²) in [6.45, 7) is 8.51. The van der Waals surface area contributed by atoms with E-state index >= 15 is 0 Å². The van der Waals surface area contributed by atoms with Gasteiger partial charge in [0.2, 0.25) is 0 Å². The van der Waals surface area contributed by atoms with E-state index in [9.17, 15) is 0 Å². The Morgan fingerprint density at radius 1 is 1.27 bits per heavy atom. The second-order valence-electron chi connectivity index (χ2n) is 4.26. The predicted octanol–water partition coefficient (Wildman–Crippen LogP) is 0.0213. The monoisotopic (exact) mass is 216 g/mol. The lowest BCUT2D eigenvalue weighted by Crippen LogP contribution is -2.39. The zero-order valence-corrected chi connectivity index (χ0v) is 9.98. The van der Waals surface area contributed by atoms with Crippen LogP contribution < -0.4 is 0 Å². The number of hydrogen-bond donors (Lipinski definition) is 1. The fourth-order valence-electron chi connectivity index (χ4n) is 2.14. The minimum Gasteiger partial charge on any atom is -0.395 e. The Morgan fingerprint density at radius 2 is 2.07 bits per heavy atom. The van der Waals surface area contributed by atoms with Crippen LogP contribution in [-0.4, -0.2) is 74.0 Å². The molecule has 0 aromatic carbocycles. The van der Waals surface area contributed by atoms with Crippen LogP contribution in [0.4, 0.5) is 0 Å². The molecule has 1 unspecified atom stereocenters. The van der Waals surface area contributed by atoms with E-state index in [4.69, 9.17) is 9.84 Å². The van der Waals surface area contributed by atoms with Crippen LogP contribution in [0.5, 0.6) is 0 Å². The van der Waals surface area contributed by atoms with Crippen molar-refractivity contribution in [2.24, 2.45) is 0 Å². The SMILES string of the molecule is COCC(C)N1CCCN(CCO)CC1. The van der Waals surface area contributed by atoms with Crippen molar-refractivity contribution in [3.8, 4) is 0 Å². The van der Waals surface area contributed by atoms with Crippen LogP contribution in [-0.2, 0) is 4.74 Å². The first-order chi connectivity index (χ1) is 7.27. The molecule has 1 atom stereocenters. The zero-order valence-electron chi connectivity index (χ0n) is 9.98. The first-order valence-corrected chi connectivity index (χ1v) is 5.84. The van der Waals surface area contributed by atoms with Gasteiger partial charge in [0.1, 0.15) is 0 Å². The van der Waals surface area contributed by atoms with Crippen LogP contribution in [0.3, 0.4) is 0 Å².